The minimum Gasteiger partial charge on any atom is -0.314 e. The van der Waals surface area contributed by atoms with E-state index in [1.807, 2.05) is 0 Å². The maximum Gasteiger partial charge on any atom is 0.0258 e. The van der Waals surface area contributed by atoms with Crippen LogP contribution in [0.5, 0.6) is 0 Å². The van der Waals surface area contributed by atoms with E-state index >= 15 is 0 Å². The summed E-state index contributed by atoms with van der Waals surface area (Å²) in [6.45, 7) is 2.39. The first-order valence-electron chi connectivity index (χ1n) is 3.61. The molecule has 0 aromatic rings. The van der Waals surface area contributed by atoms with Crippen LogP contribution in [0.15, 0.2) is 0 Å². The molecule has 2 aliphatic rings. The van der Waals surface area contributed by atoms with E-state index in [4.69, 9.17) is 0 Å². The van der Waals surface area contributed by atoms with Crippen molar-refractivity contribution >= 4 is 9.39 Å². The van der Waals surface area contributed by atoms with Crippen LogP contribution in [0.4, 0.5) is 0 Å². The molecule has 2 heterocycles. The lowest BCUT2D eigenvalue weighted by atomic mass is 10.2. The van der Waals surface area contributed by atoms with Gasteiger partial charge in [0.05, 0.1) is 0 Å². The van der Waals surface area contributed by atoms with E-state index in [1.165, 1.54) is 25.9 Å². The summed E-state index contributed by atoms with van der Waals surface area (Å²) in [5.41, 5.74) is 0. The summed E-state index contributed by atoms with van der Waals surface area (Å²) in [6, 6.07) is 1.63. The monoisotopic (exact) mass is 144 g/mol. The molecule has 2 saturated heterocycles. The molecule has 0 amide bonds. The molecule has 9 heavy (non-hydrogen) atoms. The maximum atomic E-state index is 3.42. The summed E-state index contributed by atoms with van der Waals surface area (Å²) in [4.78, 5) is 0. The fourth-order valence-electron chi connectivity index (χ4n) is 1.81. The van der Waals surface area contributed by atoms with Gasteiger partial charge in [0.15, 0.2) is 0 Å². The number of rotatable bonds is 0. The number of fused-ring (bicyclic) bond motifs is 2. The predicted octanol–water partition coefficient (Wildman–Crippen LogP) is 0.213. The van der Waals surface area contributed by atoms with Gasteiger partial charge in [0.25, 0.3) is 0 Å². The highest BCUT2D eigenvalue weighted by Crippen LogP contribution is 2.29. The molecule has 0 aliphatic carbocycles. The zero-order chi connectivity index (χ0) is 6.27. The summed E-state index contributed by atoms with van der Waals surface area (Å²) >= 11 is 0. The molecule has 2 rings (SSSR count). The topological polar surface area (TPSA) is 15.3 Å². The summed E-state index contributed by atoms with van der Waals surface area (Å²) in [5.74, 6) is 0. The van der Waals surface area contributed by atoms with Crippen molar-refractivity contribution in [1.82, 2.24) is 9.99 Å². The van der Waals surface area contributed by atoms with Crippen LogP contribution in [0.25, 0.3) is 0 Å². The van der Waals surface area contributed by atoms with Gasteiger partial charge in [0, 0.05) is 25.2 Å². The van der Waals surface area contributed by atoms with E-state index in [1.54, 1.807) is 0 Å². The first kappa shape index (κ1) is 6.09. The number of hydrogen-bond donors (Lipinski definition) is 1. The Labute approximate surface area is 58.2 Å². The average molecular weight is 144 g/mol. The molecule has 3 heteroatoms. The third kappa shape index (κ3) is 0.899. The van der Waals surface area contributed by atoms with E-state index in [9.17, 15) is 0 Å². The van der Waals surface area contributed by atoms with Crippen molar-refractivity contribution in [3.05, 3.63) is 0 Å². The van der Waals surface area contributed by atoms with E-state index in [0.29, 0.717) is 0 Å². The first-order valence-corrected chi connectivity index (χ1v) is 4.13. The molecule has 0 spiro atoms. The van der Waals surface area contributed by atoms with Crippen LogP contribution in [0, 0.1) is 0 Å². The summed E-state index contributed by atoms with van der Waals surface area (Å²) in [5, 5.41) is 3.42. The second kappa shape index (κ2) is 2.19. The molecule has 52 valence electrons. The summed E-state index contributed by atoms with van der Waals surface area (Å²) in [6.07, 6.45) is 2.78. The number of hydrogen-bond acceptors (Lipinski definition) is 2. The molecule has 0 aromatic carbocycles. The number of nitrogens with one attached hydrogen (secondary N) is 1. The van der Waals surface area contributed by atoms with Gasteiger partial charge >= 0.3 is 0 Å². The van der Waals surface area contributed by atoms with Crippen molar-refractivity contribution in [2.24, 2.45) is 0 Å². The van der Waals surface area contributed by atoms with Gasteiger partial charge in [0.2, 0.25) is 0 Å². The van der Waals surface area contributed by atoms with Crippen LogP contribution in [0.1, 0.15) is 12.8 Å². The van der Waals surface area contributed by atoms with Gasteiger partial charge < -0.3 is 5.32 Å². The van der Waals surface area contributed by atoms with E-state index in [-0.39, 0.29) is 0 Å². The molecule has 0 aromatic heterocycles. The zero-order valence-corrected chi connectivity index (χ0v) is 6.66. The Kier molecular flexibility index (Phi) is 1.48. The van der Waals surface area contributed by atoms with Gasteiger partial charge in [-0.15, -0.1) is 0 Å². The highest BCUT2D eigenvalue weighted by Gasteiger charge is 2.33. The molecule has 0 saturated carbocycles. The molecule has 3 unspecified atom stereocenters. The lowest BCUT2D eigenvalue weighted by Gasteiger charge is -2.30. The summed E-state index contributed by atoms with van der Waals surface area (Å²) in [7, 11) is 2.84. The minimum absolute atomic E-state index is 0.814. The van der Waals surface area contributed by atoms with Crippen molar-refractivity contribution in [2.45, 2.75) is 24.9 Å². The third-order valence-electron chi connectivity index (χ3n) is 2.44. The largest absolute Gasteiger partial charge is 0.314 e. The van der Waals surface area contributed by atoms with Gasteiger partial charge in [-0.25, -0.2) is 0 Å². The van der Waals surface area contributed by atoms with E-state index in [2.05, 4.69) is 19.4 Å². The number of piperazine rings is 1. The van der Waals surface area contributed by atoms with Crippen LogP contribution in [0.2, 0.25) is 0 Å². The fourth-order valence-corrected chi connectivity index (χ4v) is 2.32. The second-order valence-electron chi connectivity index (χ2n) is 2.99. The molecule has 1 N–H and O–H groups in total. The normalized spacial score (nSPS) is 43.7. The van der Waals surface area contributed by atoms with Gasteiger partial charge in [-0.2, -0.15) is 0 Å². The Morgan fingerprint density at radius 3 is 2.22 bits per heavy atom. The van der Waals surface area contributed by atoms with Crippen molar-refractivity contribution < 1.29 is 0 Å². The molecular weight excluding hydrogens is 131 g/mol. The minimum atomic E-state index is 0.814. The van der Waals surface area contributed by atoms with Crippen LogP contribution in [-0.2, 0) is 0 Å². The first-order chi connectivity index (χ1) is 4.38. The smallest absolute Gasteiger partial charge is 0.0258 e. The predicted molar refractivity (Wildman–Crippen MR) is 41.2 cm³/mol. The zero-order valence-electron chi connectivity index (χ0n) is 5.51. The maximum absolute atomic E-state index is 3.42. The van der Waals surface area contributed by atoms with Gasteiger partial charge in [-0.3, -0.25) is 4.67 Å². The molecule has 2 aliphatic heterocycles. The lowest BCUT2D eigenvalue weighted by molar-refractivity contribution is 0.286. The Bertz CT molecular complexity index is 102. The van der Waals surface area contributed by atoms with Crippen LogP contribution in [0.3, 0.4) is 0 Å². The quantitative estimate of drug-likeness (QED) is 0.489. The Hall–Kier alpha value is 0.350. The second-order valence-corrected chi connectivity index (χ2v) is 3.59. The highest BCUT2D eigenvalue weighted by atomic mass is 31.0. The molecule has 0 radical (unpaired) electrons. The molecule has 2 fully saturated rings. The van der Waals surface area contributed by atoms with Gasteiger partial charge in [0.1, 0.15) is 0 Å². The van der Waals surface area contributed by atoms with Crippen molar-refractivity contribution in [1.29, 1.82) is 0 Å². The summed E-state index contributed by atoms with van der Waals surface area (Å²) < 4.78 is 2.44. The SMILES string of the molecule is PN1C2CCC1CNC2. The molecule has 2 bridgehead atoms. The van der Waals surface area contributed by atoms with Crippen molar-refractivity contribution in [3.63, 3.8) is 0 Å². The highest BCUT2D eigenvalue weighted by molar-refractivity contribution is 7.13. The molecule has 3 atom stereocenters. The number of nitrogens with zero attached hydrogens (tertiary/aromatic N) is 1. The molecule has 2 nitrogen and oxygen atoms in total. The van der Waals surface area contributed by atoms with E-state index in [0.717, 1.165) is 12.1 Å². The van der Waals surface area contributed by atoms with Crippen LogP contribution in [-0.4, -0.2) is 29.8 Å². The van der Waals surface area contributed by atoms with Crippen molar-refractivity contribution in [3.8, 4) is 0 Å². The van der Waals surface area contributed by atoms with Gasteiger partial charge in [-0.05, 0) is 12.8 Å². The lowest BCUT2D eigenvalue weighted by Crippen LogP contribution is -2.46. The Morgan fingerprint density at radius 1 is 1.22 bits per heavy atom. The van der Waals surface area contributed by atoms with Gasteiger partial charge in [-0.1, -0.05) is 9.39 Å². The van der Waals surface area contributed by atoms with Crippen LogP contribution >= 0.6 is 9.39 Å². The Morgan fingerprint density at radius 2 is 1.78 bits per heavy atom. The third-order valence-corrected chi connectivity index (χ3v) is 3.28. The molecular formula is C6H13N2P. The van der Waals surface area contributed by atoms with E-state index < -0.39 is 0 Å². The standard InChI is InChI=1S/C6H13N2P/c9-8-5-1-2-6(8)4-7-3-5/h5-7H,1-4,9H2. The average Bonchev–Trinajstić information content (AvgIpc) is 2.19. The van der Waals surface area contributed by atoms with Crippen molar-refractivity contribution in [2.75, 3.05) is 13.1 Å². The Balaban J connectivity index is 2.10. The van der Waals surface area contributed by atoms with Crippen LogP contribution < -0.4 is 5.32 Å². The fraction of sp³-hybridized carbons (Fsp3) is 1.00.